The van der Waals surface area contributed by atoms with Crippen LogP contribution in [0.15, 0.2) is 30.3 Å². The summed E-state index contributed by atoms with van der Waals surface area (Å²) in [4.78, 5) is 15.3. The van der Waals surface area contributed by atoms with Gasteiger partial charge in [-0.25, -0.2) is 0 Å². The van der Waals surface area contributed by atoms with Crippen molar-refractivity contribution in [3.63, 3.8) is 0 Å². The molecule has 0 radical (unpaired) electrons. The molecule has 2 aliphatic heterocycles. The topological polar surface area (TPSA) is 48.0 Å². The van der Waals surface area contributed by atoms with Gasteiger partial charge in [0.2, 0.25) is 0 Å². The maximum Gasteiger partial charge on any atom is 0.254 e. The first-order valence-electron chi connectivity index (χ1n) is 9.63. The molecule has 1 fully saturated rings. The normalized spacial score (nSPS) is 16.9. The Hall–Kier alpha value is -2.69. The number of carbonyl (C=O) groups is 1. The van der Waals surface area contributed by atoms with Gasteiger partial charge in [0.1, 0.15) is 17.2 Å². The van der Waals surface area contributed by atoms with Gasteiger partial charge in [-0.3, -0.25) is 4.79 Å². The molecule has 27 heavy (non-hydrogen) atoms. The molecule has 2 aromatic carbocycles. The van der Waals surface area contributed by atoms with Crippen molar-refractivity contribution < 1.29 is 19.0 Å². The van der Waals surface area contributed by atoms with E-state index in [9.17, 15) is 4.79 Å². The summed E-state index contributed by atoms with van der Waals surface area (Å²) in [6.45, 7) is 1.99. The molecule has 2 aromatic rings. The Morgan fingerprint density at radius 1 is 1.19 bits per heavy atom. The van der Waals surface area contributed by atoms with Crippen molar-refractivity contribution >= 4 is 5.91 Å². The fourth-order valence-electron chi connectivity index (χ4n) is 4.10. The van der Waals surface area contributed by atoms with Crippen LogP contribution in [-0.2, 0) is 19.4 Å². The first-order valence-corrected chi connectivity index (χ1v) is 9.63. The summed E-state index contributed by atoms with van der Waals surface area (Å²) in [6, 6.07) is 9.84. The smallest absolute Gasteiger partial charge is 0.254 e. The Labute approximate surface area is 158 Å². The van der Waals surface area contributed by atoms with Crippen LogP contribution in [0.2, 0.25) is 0 Å². The second kappa shape index (κ2) is 6.48. The van der Waals surface area contributed by atoms with Gasteiger partial charge in [0.25, 0.3) is 5.91 Å². The van der Waals surface area contributed by atoms with E-state index in [2.05, 4.69) is 6.07 Å². The number of benzene rings is 2. The van der Waals surface area contributed by atoms with Crippen LogP contribution in [0.5, 0.6) is 17.2 Å². The minimum atomic E-state index is 0.0552. The van der Waals surface area contributed by atoms with Crippen LogP contribution in [0, 0.1) is 0 Å². The SMILES string of the molecule is COc1cccc(C(=O)N(Cc2c3c(cc4c2OCC4)OCC3)C2CC2)c1. The van der Waals surface area contributed by atoms with Crippen molar-refractivity contribution in [2.75, 3.05) is 20.3 Å². The molecule has 1 aliphatic carbocycles. The minimum absolute atomic E-state index is 0.0552. The molecular formula is C22H23NO4. The zero-order chi connectivity index (χ0) is 18.4. The number of carbonyl (C=O) groups excluding carboxylic acids is 1. The summed E-state index contributed by atoms with van der Waals surface area (Å²) >= 11 is 0. The first-order chi connectivity index (χ1) is 13.2. The average molecular weight is 365 g/mol. The van der Waals surface area contributed by atoms with Crippen molar-refractivity contribution in [2.24, 2.45) is 0 Å². The van der Waals surface area contributed by atoms with E-state index in [0.717, 1.165) is 42.7 Å². The van der Waals surface area contributed by atoms with Crippen LogP contribution in [-0.4, -0.2) is 37.2 Å². The molecule has 5 rings (SSSR count). The molecule has 140 valence electrons. The zero-order valence-corrected chi connectivity index (χ0v) is 15.5. The van der Waals surface area contributed by atoms with E-state index in [1.54, 1.807) is 7.11 Å². The summed E-state index contributed by atoms with van der Waals surface area (Å²) < 4.78 is 17.1. The van der Waals surface area contributed by atoms with Gasteiger partial charge in [-0.15, -0.1) is 0 Å². The monoisotopic (exact) mass is 365 g/mol. The van der Waals surface area contributed by atoms with Gasteiger partial charge < -0.3 is 19.1 Å². The summed E-state index contributed by atoms with van der Waals surface area (Å²) in [6.07, 6.45) is 3.91. The minimum Gasteiger partial charge on any atom is -0.497 e. The maximum absolute atomic E-state index is 13.3. The van der Waals surface area contributed by atoms with Gasteiger partial charge in [-0.05, 0) is 37.1 Å². The number of fused-ring (bicyclic) bond motifs is 2. The van der Waals surface area contributed by atoms with E-state index >= 15 is 0 Å². The lowest BCUT2D eigenvalue weighted by atomic mass is 9.98. The van der Waals surface area contributed by atoms with Crippen LogP contribution in [0.4, 0.5) is 0 Å². The fraction of sp³-hybridized carbons (Fsp3) is 0.409. The van der Waals surface area contributed by atoms with E-state index in [1.807, 2.05) is 29.2 Å². The summed E-state index contributed by atoms with van der Waals surface area (Å²) in [5, 5.41) is 0. The standard InChI is InChI=1S/C22H23NO4/c1-25-17-4-2-3-15(11-17)22(24)23(16-5-6-16)13-19-18-8-10-26-20(18)12-14-7-9-27-21(14)19/h2-4,11-12,16H,5-10,13H2,1H3. The predicted octanol–water partition coefficient (Wildman–Crippen LogP) is 3.37. The Balaban J connectivity index is 1.50. The lowest BCUT2D eigenvalue weighted by Gasteiger charge is -2.25. The Bertz CT molecular complexity index is 871. The molecule has 0 bridgehead atoms. The molecule has 5 heteroatoms. The van der Waals surface area contributed by atoms with E-state index in [0.29, 0.717) is 37.1 Å². The number of nitrogens with zero attached hydrogens (tertiary/aromatic N) is 1. The highest BCUT2D eigenvalue weighted by atomic mass is 16.5. The molecule has 2 heterocycles. The van der Waals surface area contributed by atoms with E-state index in [1.165, 1.54) is 11.1 Å². The molecule has 0 N–H and O–H groups in total. The number of ether oxygens (including phenoxy) is 3. The molecule has 1 saturated carbocycles. The Morgan fingerprint density at radius 3 is 2.85 bits per heavy atom. The number of rotatable bonds is 5. The summed E-state index contributed by atoms with van der Waals surface area (Å²) in [5.74, 6) is 2.71. The fourth-order valence-corrected chi connectivity index (χ4v) is 4.10. The van der Waals surface area contributed by atoms with Crippen LogP contribution in [0.1, 0.15) is 39.9 Å². The second-order valence-electron chi connectivity index (χ2n) is 7.41. The molecule has 0 aromatic heterocycles. The van der Waals surface area contributed by atoms with E-state index < -0.39 is 0 Å². The summed E-state index contributed by atoms with van der Waals surface area (Å²) in [7, 11) is 1.62. The lowest BCUT2D eigenvalue weighted by Crippen LogP contribution is -2.33. The second-order valence-corrected chi connectivity index (χ2v) is 7.41. The molecule has 0 saturated heterocycles. The maximum atomic E-state index is 13.3. The van der Waals surface area contributed by atoms with Crippen LogP contribution < -0.4 is 14.2 Å². The van der Waals surface area contributed by atoms with Crippen molar-refractivity contribution in [3.05, 3.63) is 52.6 Å². The van der Waals surface area contributed by atoms with E-state index in [4.69, 9.17) is 14.2 Å². The third-order valence-electron chi connectivity index (χ3n) is 5.65. The molecule has 0 spiro atoms. The highest BCUT2D eigenvalue weighted by Crippen LogP contribution is 2.42. The molecule has 1 amide bonds. The Morgan fingerprint density at radius 2 is 2.04 bits per heavy atom. The van der Waals surface area contributed by atoms with Gasteiger partial charge in [0.05, 0.1) is 26.9 Å². The quantitative estimate of drug-likeness (QED) is 0.815. The van der Waals surface area contributed by atoms with Crippen LogP contribution in [0.25, 0.3) is 0 Å². The number of hydrogen-bond acceptors (Lipinski definition) is 4. The third kappa shape index (κ3) is 2.91. The van der Waals surface area contributed by atoms with Crippen molar-refractivity contribution in [2.45, 2.75) is 38.3 Å². The number of hydrogen-bond donors (Lipinski definition) is 0. The van der Waals surface area contributed by atoms with Gasteiger partial charge in [-0.1, -0.05) is 6.07 Å². The van der Waals surface area contributed by atoms with Crippen molar-refractivity contribution in [1.82, 2.24) is 4.90 Å². The largest absolute Gasteiger partial charge is 0.497 e. The van der Waals surface area contributed by atoms with E-state index in [-0.39, 0.29) is 5.91 Å². The molecule has 5 nitrogen and oxygen atoms in total. The van der Waals surface area contributed by atoms with Gasteiger partial charge in [0.15, 0.2) is 0 Å². The highest BCUT2D eigenvalue weighted by molar-refractivity contribution is 5.95. The van der Waals surface area contributed by atoms with Gasteiger partial charge in [-0.2, -0.15) is 0 Å². The van der Waals surface area contributed by atoms with Crippen molar-refractivity contribution in [3.8, 4) is 17.2 Å². The number of amides is 1. The zero-order valence-electron chi connectivity index (χ0n) is 15.5. The Kier molecular flexibility index (Phi) is 3.96. The average Bonchev–Trinajstić information content (AvgIpc) is 3.23. The molecular weight excluding hydrogens is 342 g/mol. The lowest BCUT2D eigenvalue weighted by molar-refractivity contribution is 0.0728. The van der Waals surface area contributed by atoms with Gasteiger partial charge >= 0.3 is 0 Å². The molecule has 0 atom stereocenters. The first kappa shape index (κ1) is 16.5. The van der Waals surface area contributed by atoms with Crippen LogP contribution >= 0.6 is 0 Å². The molecule has 3 aliphatic rings. The predicted molar refractivity (Wildman–Crippen MR) is 101 cm³/mol. The highest BCUT2D eigenvalue weighted by Gasteiger charge is 2.36. The molecule has 0 unspecified atom stereocenters. The van der Waals surface area contributed by atoms with Crippen LogP contribution in [0.3, 0.4) is 0 Å². The van der Waals surface area contributed by atoms with Crippen molar-refractivity contribution in [1.29, 1.82) is 0 Å². The summed E-state index contributed by atoms with van der Waals surface area (Å²) in [5.41, 5.74) is 4.22. The number of methoxy groups -OCH3 is 1. The third-order valence-corrected chi connectivity index (χ3v) is 5.65. The van der Waals surface area contributed by atoms with Gasteiger partial charge in [0, 0.05) is 41.1 Å².